The molecule has 1 aliphatic heterocycles. The van der Waals surface area contributed by atoms with E-state index >= 15 is 0 Å². The van der Waals surface area contributed by atoms with Crippen LogP contribution in [-0.4, -0.2) is 93.8 Å². The van der Waals surface area contributed by atoms with Crippen molar-refractivity contribution in [3.05, 3.63) is 51.4 Å². The number of fused-ring (bicyclic) bond motifs is 1. The van der Waals surface area contributed by atoms with Gasteiger partial charge in [-0.25, -0.2) is 4.79 Å². The minimum atomic E-state index is -1.44. The van der Waals surface area contributed by atoms with Crippen LogP contribution in [0.25, 0.3) is 22.2 Å². The number of rotatable bonds is 9. The number of carbonyl (C=O) groups is 1. The number of hydrogen-bond donors (Lipinski definition) is 3. The maximum atomic E-state index is 12.4. The standard InChI is InChI=1S/C26H35N5O4/c1-6-20-23(27-25(33)22(24(20)32)26(34)35)16-7-8-21-17(11-16)12-18(30(21)5)13-31-14-19(15-31)29(4)10-9-28(2)3/h7-8,11-12,19H,6,9-10,13-15H2,1-5H3,(H,34,35)(H2,27,32,33). The fourth-order valence-corrected chi connectivity index (χ4v) is 4.85. The Labute approximate surface area is 205 Å². The van der Waals surface area contributed by atoms with E-state index in [2.05, 4.69) is 58.5 Å². The fraction of sp³-hybridized carbons (Fsp3) is 0.462. The van der Waals surface area contributed by atoms with Crippen molar-refractivity contribution in [2.24, 2.45) is 7.05 Å². The fourth-order valence-electron chi connectivity index (χ4n) is 4.85. The van der Waals surface area contributed by atoms with Gasteiger partial charge in [0.05, 0.1) is 5.69 Å². The van der Waals surface area contributed by atoms with E-state index in [9.17, 15) is 19.8 Å². The monoisotopic (exact) mass is 481 g/mol. The first kappa shape index (κ1) is 25.0. The number of carboxylic acid groups (broad SMARTS) is 1. The summed E-state index contributed by atoms with van der Waals surface area (Å²) in [6, 6.07) is 8.63. The zero-order valence-corrected chi connectivity index (χ0v) is 21.1. The van der Waals surface area contributed by atoms with Crippen LogP contribution in [0.3, 0.4) is 0 Å². The number of pyridine rings is 1. The van der Waals surface area contributed by atoms with Crippen molar-refractivity contribution >= 4 is 16.9 Å². The zero-order chi connectivity index (χ0) is 25.4. The second-order valence-electron chi connectivity index (χ2n) is 9.79. The number of aromatic carboxylic acids is 1. The van der Waals surface area contributed by atoms with Crippen molar-refractivity contribution in [1.29, 1.82) is 0 Å². The molecule has 0 amide bonds. The van der Waals surface area contributed by atoms with Gasteiger partial charge in [0.15, 0.2) is 5.56 Å². The summed E-state index contributed by atoms with van der Waals surface area (Å²) in [6.07, 6.45) is 0.384. The van der Waals surface area contributed by atoms with Crippen LogP contribution in [0.4, 0.5) is 0 Å². The van der Waals surface area contributed by atoms with Gasteiger partial charge in [-0.05, 0) is 51.3 Å². The van der Waals surface area contributed by atoms with Gasteiger partial charge in [-0.15, -0.1) is 0 Å². The number of likely N-dealkylation sites (tertiary alicyclic amines) is 1. The van der Waals surface area contributed by atoms with Crippen molar-refractivity contribution in [2.75, 3.05) is 47.3 Å². The number of nitrogens with zero attached hydrogens (tertiary/aromatic N) is 4. The first-order valence-electron chi connectivity index (χ1n) is 12.0. The van der Waals surface area contributed by atoms with Crippen LogP contribution in [0.1, 0.15) is 28.5 Å². The molecular weight excluding hydrogens is 446 g/mol. The highest BCUT2D eigenvalue weighted by atomic mass is 16.4. The zero-order valence-electron chi connectivity index (χ0n) is 21.1. The SMILES string of the molecule is CCc1c(-c2ccc3c(c2)cc(CN2CC(N(C)CCN(C)C)C2)n3C)[nH]c(=O)c(C(=O)O)c1O. The lowest BCUT2D eigenvalue weighted by atomic mass is 9.99. The minimum absolute atomic E-state index is 0.384. The number of benzene rings is 1. The summed E-state index contributed by atoms with van der Waals surface area (Å²) in [5.74, 6) is -1.90. The van der Waals surface area contributed by atoms with Crippen LogP contribution >= 0.6 is 0 Å². The summed E-state index contributed by atoms with van der Waals surface area (Å²) in [6.45, 7) is 6.90. The number of aromatic amines is 1. The summed E-state index contributed by atoms with van der Waals surface area (Å²) < 4.78 is 2.19. The first-order valence-corrected chi connectivity index (χ1v) is 12.0. The number of hydrogen-bond acceptors (Lipinski definition) is 6. The van der Waals surface area contributed by atoms with Crippen molar-refractivity contribution in [1.82, 2.24) is 24.3 Å². The maximum Gasteiger partial charge on any atom is 0.345 e. The Morgan fingerprint density at radius 3 is 2.51 bits per heavy atom. The van der Waals surface area contributed by atoms with Gasteiger partial charge in [0.1, 0.15) is 5.75 Å². The third-order valence-corrected chi connectivity index (χ3v) is 7.13. The number of carboxylic acids is 1. The van der Waals surface area contributed by atoms with Gasteiger partial charge in [0, 0.05) is 68.0 Å². The second kappa shape index (κ2) is 9.85. The molecule has 0 aliphatic carbocycles. The van der Waals surface area contributed by atoms with Crippen molar-refractivity contribution in [3.8, 4) is 17.0 Å². The number of likely N-dealkylation sites (N-methyl/N-ethyl adjacent to an activating group) is 2. The normalized spacial score (nSPS) is 14.8. The minimum Gasteiger partial charge on any atom is -0.506 e. The van der Waals surface area contributed by atoms with Crippen LogP contribution in [-0.2, 0) is 20.0 Å². The third kappa shape index (κ3) is 4.84. The third-order valence-electron chi connectivity index (χ3n) is 7.13. The van der Waals surface area contributed by atoms with Gasteiger partial charge in [0.25, 0.3) is 5.56 Å². The predicted octanol–water partition coefficient (Wildman–Crippen LogP) is 2.18. The van der Waals surface area contributed by atoms with Gasteiger partial charge < -0.3 is 24.7 Å². The van der Waals surface area contributed by atoms with E-state index in [4.69, 9.17) is 0 Å². The Balaban J connectivity index is 1.56. The topological polar surface area (TPSA) is 105 Å². The van der Waals surface area contributed by atoms with Crippen molar-refractivity contribution in [2.45, 2.75) is 25.9 Å². The lowest BCUT2D eigenvalue weighted by Crippen LogP contribution is -2.58. The summed E-state index contributed by atoms with van der Waals surface area (Å²) in [4.78, 5) is 33.5. The van der Waals surface area contributed by atoms with Crippen LogP contribution in [0.2, 0.25) is 0 Å². The number of aromatic hydroxyl groups is 1. The summed E-state index contributed by atoms with van der Waals surface area (Å²) in [7, 11) is 8.45. The molecule has 1 saturated heterocycles. The first-order chi connectivity index (χ1) is 16.6. The summed E-state index contributed by atoms with van der Waals surface area (Å²) >= 11 is 0. The number of aromatic nitrogens is 2. The lowest BCUT2D eigenvalue weighted by Gasteiger charge is -2.44. The van der Waals surface area contributed by atoms with E-state index in [1.165, 1.54) is 5.69 Å². The summed E-state index contributed by atoms with van der Waals surface area (Å²) in [5, 5.41) is 20.8. The largest absolute Gasteiger partial charge is 0.506 e. The van der Waals surface area contributed by atoms with E-state index in [1.54, 1.807) is 0 Å². The van der Waals surface area contributed by atoms with Crippen LogP contribution in [0.15, 0.2) is 29.1 Å². The molecule has 0 radical (unpaired) electrons. The Hall–Kier alpha value is -3.14. The molecule has 9 nitrogen and oxygen atoms in total. The molecule has 1 aromatic carbocycles. The predicted molar refractivity (Wildman–Crippen MR) is 137 cm³/mol. The second-order valence-corrected chi connectivity index (χ2v) is 9.79. The molecule has 9 heteroatoms. The molecule has 188 valence electrons. The Morgan fingerprint density at radius 2 is 1.89 bits per heavy atom. The van der Waals surface area contributed by atoms with E-state index < -0.39 is 22.8 Å². The molecule has 3 N–H and O–H groups in total. The quantitative estimate of drug-likeness (QED) is 0.430. The van der Waals surface area contributed by atoms with E-state index in [0.29, 0.717) is 23.7 Å². The average molecular weight is 482 g/mol. The molecular formula is C26H35N5O4. The van der Waals surface area contributed by atoms with Gasteiger partial charge >= 0.3 is 5.97 Å². The molecule has 0 unspecified atom stereocenters. The van der Waals surface area contributed by atoms with Crippen LogP contribution < -0.4 is 5.56 Å². The van der Waals surface area contributed by atoms with E-state index in [1.807, 2.05) is 25.1 Å². The smallest absolute Gasteiger partial charge is 0.345 e. The van der Waals surface area contributed by atoms with Gasteiger partial charge in [-0.3, -0.25) is 14.6 Å². The lowest BCUT2D eigenvalue weighted by molar-refractivity contribution is 0.0393. The molecule has 35 heavy (non-hydrogen) atoms. The summed E-state index contributed by atoms with van der Waals surface area (Å²) in [5.41, 5.74) is 2.48. The van der Waals surface area contributed by atoms with Gasteiger partial charge in [-0.2, -0.15) is 0 Å². The molecule has 1 aliphatic rings. The average Bonchev–Trinajstić information content (AvgIpc) is 3.08. The highest BCUT2D eigenvalue weighted by Gasteiger charge is 2.30. The molecule has 3 aromatic rings. The van der Waals surface area contributed by atoms with Crippen molar-refractivity contribution in [3.63, 3.8) is 0 Å². The number of H-pyrrole nitrogens is 1. The number of aryl methyl sites for hydroxylation is 1. The Morgan fingerprint density at radius 1 is 1.17 bits per heavy atom. The molecule has 0 bridgehead atoms. The molecule has 0 spiro atoms. The van der Waals surface area contributed by atoms with Crippen LogP contribution in [0.5, 0.6) is 5.75 Å². The van der Waals surface area contributed by atoms with E-state index in [-0.39, 0.29) is 0 Å². The molecule has 2 aromatic heterocycles. The molecule has 0 atom stereocenters. The highest BCUT2D eigenvalue weighted by Crippen LogP contribution is 2.32. The molecule has 3 heterocycles. The Bertz CT molecular complexity index is 1300. The molecule has 1 fully saturated rings. The van der Waals surface area contributed by atoms with E-state index in [0.717, 1.165) is 49.2 Å². The number of nitrogens with one attached hydrogen (secondary N) is 1. The highest BCUT2D eigenvalue weighted by molar-refractivity contribution is 5.92. The van der Waals surface area contributed by atoms with Gasteiger partial charge in [0.2, 0.25) is 0 Å². The van der Waals surface area contributed by atoms with Gasteiger partial charge in [-0.1, -0.05) is 13.0 Å². The maximum absolute atomic E-state index is 12.4. The van der Waals surface area contributed by atoms with Crippen molar-refractivity contribution < 1.29 is 15.0 Å². The Kier molecular flexibility index (Phi) is 7.02. The van der Waals surface area contributed by atoms with Crippen LogP contribution in [0, 0.1) is 0 Å². The molecule has 4 rings (SSSR count). The molecule has 0 saturated carbocycles.